The molecule has 0 N–H and O–H groups in total. The van der Waals surface area contributed by atoms with Gasteiger partial charge in [-0.3, -0.25) is 0 Å². The van der Waals surface area contributed by atoms with Crippen molar-refractivity contribution in [1.29, 1.82) is 0 Å². The Morgan fingerprint density at radius 2 is 1.94 bits per heavy atom. The second kappa shape index (κ2) is 8.30. The van der Waals surface area contributed by atoms with E-state index in [1.54, 1.807) is 0 Å². The lowest BCUT2D eigenvalue weighted by molar-refractivity contribution is 0.510. The van der Waals surface area contributed by atoms with Crippen LogP contribution in [0.5, 0.6) is 0 Å². The van der Waals surface area contributed by atoms with Crippen LogP contribution in [0.1, 0.15) is 48.0 Å². The third-order valence-corrected chi connectivity index (χ3v) is 3.68. The van der Waals surface area contributed by atoms with Gasteiger partial charge >= 0.3 is 0 Å². The first-order valence-electron chi connectivity index (χ1n) is 6.50. The fourth-order valence-corrected chi connectivity index (χ4v) is 1.89. The third-order valence-electron chi connectivity index (χ3n) is 2.78. The Bertz CT molecular complexity index is 401. The normalized spacial score (nSPS) is 18.7. The summed E-state index contributed by atoms with van der Waals surface area (Å²) >= 11 is 3.59. The number of rotatable bonds is 2. The minimum atomic E-state index is 0.983. The molecule has 1 rings (SSSR count). The van der Waals surface area contributed by atoms with Gasteiger partial charge in [0.2, 0.25) is 0 Å². The largest absolute Gasteiger partial charge is 0.333 e. The van der Waals surface area contributed by atoms with Crippen LogP contribution in [0.25, 0.3) is 0 Å². The van der Waals surface area contributed by atoms with E-state index in [4.69, 9.17) is 0 Å². The molecule has 3 heteroatoms. The minimum absolute atomic E-state index is 0.983. The second-order valence-corrected chi connectivity index (χ2v) is 4.94. The highest BCUT2D eigenvalue weighted by Gasteiger charge is 2.11. The van der Waals surface area contributed by atoms with E-state index in [9.17, 15) is 0 Å². The van der Waals surface area contributed by atoms with Gasteiger partial charge in [-0.05, 0) is 39.3 Å². The molecule has 0 amide bonds. The summed E-state index contributed by atoms with van der Waals surface area (Å²) in [6.07, 6.45) is 5.21. The standard InChI is InChI=1S/C13H19BrN2.C2H6/c1-6-9(2)12(14)8-13-15-10(3)7-11(4)16(13)5;1-2/h7-8H,6H2,1-5H3;1-2H3/b12-9?,13-8-;. The minimum Gasteiger partial charge on any atom is -0.333 e. The van der Waals surface area contributed by atoms with Crippen molar-refractivity contribution in [3.63, 3.8) is 0 Å². The molecule has 0 radical (unpaired) electrons. The van der Waals surface area contributed by atoms with Crippen LogP contribution >= 0.6 is 15.9 Å². The van der Waals surface area contributed by atoms with Crippen molar-refractivity contribution in [2.45, 2.75) is 48.0 Å². The highest BCUT2D eigenvalue weighted by molar-refractivity contribution is 9.11. The SMILES string of the molecule is CC.CCC(C)=C(Br)/C=C1/N=C(C)C=C(C)N1C. The molecule has 0 atom stereocenters. The van der Waals surface area contributed by atoms with E-state index in [1.807, 2.05) is 27.8 Å². The molecule has 1 aliphatic rings. The van der Waals surface area contributed by atoms with Crippen LogP contribution in [0.2, 0.25) is 0 Å². The van der Waals surface area contributed by atoms with Gasteiger partial charge in [0.25, 0.3) is 0 Å². The predicted octanol–water partition coefficient (Wildman–Crippen LogP) is 5.24. The zero-order valence-electron chi connectivity index (χ0n) is 12.6. The maximum Gasteiger partial charge on any atom is 0.133 e. The molecule has 0 bridgehead atoms. The third kappa shape index (κ3) is 4.81. The van der Waals surface area contributed by atoms with Crippen LogP contribution in [0.4, 0.5) is 0 Å². The lowest BCUT2D eigenvalue weighted by Gasteiger charge is -2.24. The molecular weight excluding hydrogens is 288 g/mol. The second-order valence-electron chi connectivity index (χ2n) is 4.08. The topological polar surface area (TPSA) is 15.6 Å². The van der Waals surface area contributed by atoms with Gasteiger partial charge in [-0.2, -0.15) is 0 Å². The van der Waals surface area contributed by atoms with Gasteiger partial charge in [0.05, 0.1) is 0 Å². The first-order chi connectivity index (χ1) is 8.45. The molecule has 1 heterocycles. The Hall–Kier alpha value is -0.830. The number of aliphatic imine (C=N–C) groups is 1. The van der Waals surface area contributed by atoms with Crippen molar-refractivity contribution >= 4 is 21.6 Å². The van der Waals surface area contributed by atoms with Gasteiger partial charge in [0.15, 0.2) is 0 Å². The molecule has 0 spiro atoms. The fourth-order valence-electron chi connectivity index (χ4n) is 1.40. The summed E-state index contributed by atoms with van der Waals surface area (Å²) in [5.41, 5.74) is 3.60. The maximum absolute atomic E-state index is 4.53. The van der Waals surface area contributed by atoms with Crippen molar-refractivity contribution < 1.29 is 0 Å². The molecule has 0 aromatic heterocycles. The van der Waals surface area contributed by atoms with Gasteiger partial charge in [0.1, 0.15) is 5.82 Å². The molecule has 0 aromatic rings. The lowest BCUT2D eigenvalue weighted by atomic mass is 10.2. The summed E-state index contributed by atoms with van der Waals surface area (Å²) in [5.74, 6) is 0.983. The summed E-state index contributed by atoms with van der Waals surface area (Å²) in [4.78, 5) is 6.63. The molecule has 1 aliphatic heterocycles. The summed E-state index contributed by atoms with van der Waals surface area (Å²) in [6.45, 7) is 12.4. The quantitative estimate of drug-likeness (QED) is 0.680. The van der Waals surface area contributed by atoms with Crippen molar-refractivity contribution in [3.8, 4) is 0 Å². The van der Waals surface area contributed by atoms with Crippen LogP contribution in [-0.2, 0) is 0 Å². The molecule has 0 aromatic carbocycles. The molecule has 0 unspecified atom stereocenters. The van der Waals surface area contributed by atoms with E-state index in [0.29, 0.717) is 0 Å². The summed E-state index contributed by atoms with van der Waals surface area (Å²) in [7, 11) is 2.04. The predicted molar refractivity (Wildman–Crippen MR) is 86.0 cm³/mol. The van der Waals surface area contributed by atoms with Crippen LogP contribution in [0.3, 0.4) is 0 Å². The van der Waals surface area contributed by atoms with E-state index >= 15 is 0 Å². The number of hydrogen-bond donors (Lipinski definition) is 0. The van der Waals surface area contributed by atoms with Gasteiger partial charge in [-0.25, -0.2) is 4.99 Å². The number of halogens is 1. The Balaban J connectivity index is 0.00000137. The average molecular weight is 313 g/mol. The van der Waals surface area contributed by atoms with Crippen molar-refractivity contribution in [3.05, 3.63) is 33.7 Å². The molecule has 0 saturated carbocycles. The van der Waals surface area contributed by atoms with Crippen LogP contribution in [0, 0.1) is 0 Å². The Kier molecular flexibility index (Phi) is 7.92. The van der Waals surface area contributed by atoms with Crippen molar-refractivity contribution in [2.75, 3.05) is 7.05 Å². The average Bonchev–Trinajstić information content (AvgIpc) is 2.36. The highest BCUT2D eigenvalue weighted by atomic mass is 79.9. The molecule has 102 valence electrons. The van der Waals surface area contributed by atoms with Crippen molar-refractivity contribution in [2.24, 2.45) is 4.99 Å². The number of hydrogen-bond acceptors (Lipinski definition) is 2. The highest BCUT2D eigenvalue weighted by Crippen LogP contribution is 2.23. The number of allylic oxidation sites excluding steroid dienone is 5. The van der Waals surface area contributed by atoms with E-state index in [2.05, 4.69) is 58.7 Å². The Morgan fingerprint density at radius 1 is 1.39 bits per heavy atom. The Morgan fingerprint density at radius 3 is 2.44 bits per heavy atom. The summed E-state index contributed by atoms with van der Waals surface area (Å²) in [6, 6.07) is 0. The van der Waals surface area contributed by atoms with Crippen molar-refractivity contribution in [1.82, 2.24) is 4.90 Å². The van der Waals surface area contributed by atoms with Crippen LogP contribution in [-0.4, -0.2) is 17.7 Å². The van der Waals surface area contributed by atoms with E-state index in [0.717, 1.165) is 22.4 Å². The van der Waals surface area contributed by atoms with Gasteiger partial charge in [-0.15, -0.1) is 0 Å². The summed E-state index contributed by atoms with van der Waals surface area (Å²) in [5, 5.41) is 0. The Labute approximate surface area is 120 Å². The zero-order valence-corrected chi connectivity index (χ0v) is 14.2. The molecule has 2 nitrogen and oxygen atoms in total. The van der Waals surface area contributed by atoms with E-state index in [-0.39, 0.29) is 0 Å². The van der Waals surface area contributed by atoms with Gasteiger partial charge in [-0.1, -0.05) is 42.3 Å². The first kappa shape index (κ1) is 17.2. The van der Waals surface area contributed by atoms with Gasteiger partial charge in [0, 0.05) is 22.9 Å². The molecule has 0 saturated heterocycles. The van der Waals surface area contributed by atoms with E-state index < -0.39 is 0 Å². The first-order valence-corrected chi connectivity index (χ1v) is 7.29. The van der Waals surface area contributed by atoms with Crippen LogP contribution in [0.15, 0.2) is 38.7 Å². The summed E-state index contributed by atoms with van der Waals surface area (Å²) < 4.78 is 1.13. The fraction of sp³-hybridized carbons (Fsp3) is 0.533. The molecule has 18 heavy (non-hydrogen) atoms. The van der Waals surface area contributed by atoms with Crippen LogP contribution < -0.4 is 0 Å². The number of nitrogens with zero attached hydrogens (tertiary/aromatic N) is 2. The lowest BCUT2D eigenvalue weighted by Crippen LogP contribution is -2.19. The smallest absolute Gasteiger partial charge is 0.133 e. The monoisotopic (exact) mass is 312 g/mol. The molecule has 0 aliphatic carbocycles. The van der Waals surface area contributed by atoms with E-state index in [1.165, 1.54) is 11.3 Å². The molecule has 0 fully saturated rings. The zero-order chi connectivity index (χ0) is 14.3. The van der Waals surface area contributed by atoms with Gasteiger partial charge < -0.3 is 4.90 Å². The molecular formula is C15H25BrN2. The maximum atomic E-state index is 4.53.